The molecule has 1 N–H and O–H groups in total. The molecular formula is C14H18FNS2. The molecule has 3 unspecified atom stereocenters. The molecule has 0 amide bonds. The normalized spacial score (nSPS) is 39.9. The largest absolute Gasteiger partial charge is 0.300 e. The molecule has 3 rings (SSSR count). The lowest BCUT2D eigenvalue weighted by atomic mass is 9.98. The fourth-order valence-electron chi connectivity index (χ4n) is 2.83. The lowest BCUT2D eigenvalue weighted by Gasteiger charge is -2.41. The summed E-state index contributed by atoms with van der Waals surface area (Å²) in [6.07, 6.45) is 12.3. The zero-order valence-corrected chi connectivity index (χ0v) is 11.9. The van der Waals surface area contributed by atoms with Crippen LogP contribution in [0.5, 0.6) is 0 Å². The van der Waals surface area contributed by atoms with Gasteiger partial charge in [-0.15, -0.1) is 11.8 Å². The maximum absolute atomic E-state index is 13.9. The molecule has 1 heterocycles. The van der Waals surface area contributed by atoms with Gasteiger partial charge in [0.1, 0.15) is 5.83 Å². The topological polar surface area (TPSA) is 12.0 Å². The molecule has 1 fully saturated rings. The highest BCUT2D eigenvalue weighted by molar-refractivity contribution is 8.01. The van der Waals surface area contributed by atoms with Gasteiger partial charge in [0.05, 0.1) is 10.6 Å². The number of fused-ring (bicyclic) bond motifs is 1. The molecule has 98 valence electrons. The Kier molecular flexibility index (Phi) is 3.87. The molecule has 4 atom stereocenters. The molecule has 4 heteroatoms. The van der Waals surface area contributed by atoms with Gasteiger partial charge in [0, 0.05) is 11.3 Å². The summed E-state index contributed by atoms with van der Waals surface area (Å²) in [5, 5.41) is 4.17. The first-order valence-corrected chi connectivity index (χ1v) is 8.04. The van der Waals surface area contributed by atoms with Crippen LogP contribution in [0.1, 0.15) is 25.7 Å². The number of halogens is 1. The Morgan fingerprint density at radius 2 is 2.11 bits per heavy atom. The zero-order valence-electron chi connectivity index (χ0n) is 10.2. The van der Waals surface area contributed by atoms with Crippen molar-refractivity contribution in [3.05, 3.63) is 35.7 Å². The van der Waals surface area contributed by atoms with Crippen LogP contribution in [-0.2, 0) is 0 Å². The van der Waals surface area contributed by atoms with Gasteiger partial charge in [-0.05, 0) is 37.3 Å². The number of thiol groups is 1. The van der Waals surface area contributed by atoms with E-state index in [2.05, 4.69) is 30.1 Å². The number of hydrogen-bond donors (Lipinski definition) is 2. The minimum absolute atomic E-state index is 0.0437. The third-order valence-corrected chi connectivity index (χ3v) is 6.05. The highest BCUT2D eigenvalue weighted by atomic mass is 32.2. The molecule has 3 aliphatic rings. The van der Waals surface area contributed by atoms with Gasteiger partial charge in [-0.25, -0.2) is 4.39 Å². The summed E-state index contributed by atoms with van der Waals surface area (Å²) >= 11 is 6.49. The van der Waals surface area contributed by atoms with E-state index in [1.54, 1.807) is 6.08 Å². The molecule has 18 heavy (non-hydrogen) atoms. The average molecular weight is 283 g/mol. The van der Waals surface area contributed by atoms with Crippen molar-refractivity contribution in [2.24, 2.45) is 0 Å². The van der Waals surface area contributed by atoms with Crippen molar-refractivity contribution >= 4 is 24.4 Å². The van der Waals surface area contributed by atoms with Gasteiger partial charge >= 0.3 is 0 Å². The van der Waals surface area contributed by atoms with Crippen LogP contribution in [0.25, 0.3) is 0 Å². The van der Waals surface area contributed by atoms with Crippen molar-refractivity contribution in [2.75, 3.05) is 0 Å². The zero-order chi connectivity index (χ0) is 12.5. The van der Waals surface area contributed by atoms with Crippen molar-refractivity contribution in [2.45, 2.75) is 47.6 Å². The van der Waals surface area contributed by atoms with Gasteiger partial charge in [0.15, 0.2) is 0 Å². The van der Waals surface area contributed by atoms with E-state index in [9.17, 15) is 4.39 Å². The van der Waals surface area contributed by atoms with E-state index in [1.165, 1.54) is 0 Å². The summed E-state index contributed by atoms with van der Waals surface area (Å²) in [4.78, 5) is 0. The summed E-state index contributed by atoms with van der Waals surface area (Å²) in [5.41, 5.74) is 0.844. The summed E-state index contributed by atoms with van der Waals surface area (Å²) in [7, 11) is 0. The summed E-state index contributed by atoms with van der Waals surface area (Å²) in [6.45, 7) is 0. The number of rotatable bonds is 1. The van der Waals surface area contributed by atoms with Crippen LogP contribution in [0.4, 0.5) is 4.39 Å². The van der Waals surface area contributed by atoms with Gasteiger partial charge < -0.3 is 5.32 Å². The predicted molar refractivity (Wildman–Crippen MR) is 79.7 cm³/mol. The first-order valence-electron chi connectivity index (χ1n) is 6.58. The first kappa shape index (κ1) is 12.8. The molecule has 0 saturated carbocycles. The maximum atomic E-state index is 13.9. The van der Waals surface area contributed by atoms with Gasteiger partial charge in [-0.1, -0.05) is 18.2 Å². The van der Waals surface area contributed by atoms with Gasteiger partial charge in [-0.2, -0.15) is 12.6 Å². The van der Waals surface area contributed by atoms with E-state index < -0.39 is 0 Å². The maximum Gasteiger partial charge on any atom is 0.123 e. The second-order valence-electron chi connectivity index (χ2n) is 5.03. The van der Waals surface area contributed by atoms with E-state index in [1.807, 2.05) is 17.8 Å². The Bertz CT molecular complexity index is 416. The van der Waals surface area contributed by atoms with E-state index >= 15 is 0 Å². The summed E-state index contributed by atoms with van der Waals surface area (Å²) in [6, 6.07) is 0.495. The van der Waals surface area contributed by atoms with Crippen LogP contribution in [0.15, 0.2) is 35.7 Å². The van der Waals surface area contributed by atoms with Crippen molar-refractivity contribution in [3.63, 3.8) is 0 Å². The Morgan fingerprint density at radius 3 is 2.94 bits per heavy atom. The fourth-order valence-corrected chi connectivity index (χ4v) is 4.92. The molecule has 0 bridgehead atoms. The fraction of sp³-hybridized carbons (Fsp3) is 0.571. The van der Waals surface area contributed by atoms with E-state index in [-0.39, 0.29) is 16.5 Å². The summed E-state index contributed by atoms with van der Waals surface area (Å²) < 4.78 is 13.9. The van der Waals surface area contributed by atoms with Gasteiger partial charge in [0.25, 0.3) is 0 Å². The monoisotopic (exact) mass is 283 g/mol. The van der Waals surface area contributed by atoms with Crippen molar-refractivity contribution < 1.29 is 4.39 Å². The first-order chi connectivity index (χ1) is 8.75. The van der Waals surface area contributed by atoms with Crippen LogP contribution in [0.3, 0.4) is 0 Å². The third-order valence-electron chi connectivity index (χ3n) is 3.78. The molecule has 0 radical (unpaired) electrons. The molecule has 1 nitrogen and oxygen atoms in total. The Labute approximate surface area is 117 Å². The predicted octanol–water partition coefficient (Wildman–Crippen LogP) is 3.61. The standard InChI is InChI=1S/C14H18FNS2/c15-10-6-2-1-5-9(10)13-14(17)16-11-7-3-4-8-12(11)18-13/h4-6,8,11-14,16-17H,1-3,7H2/t11?,12?,13?,14-/m0/s1. The average Bonchev–Trinajstić information content (AvgIpc) is 2.39. The SMILES string of the molecule is FC1=CCCC=C1C1SC2C=CCCC2N[C@H]1S. The second kappa shape index (κ2) is 5.43. The molecular weight excluding hydrogens is 265 g/mol. The Balaban J connectivity index is 1.80. The van der Waals surface area contributed by atoms with Crippen molar-refractivity contribution in [3.8, 4) is 0 Å². The van der Waals surface area contributed by atoms with Crippen LogP contribution in [-0.4, -0.2) is 21.9 Å². The highest BCUT2D eigenvalue weighted by Gasteiger charge is 2.38. The third kappa shape index (κ3) is 2.43. The Hall–Kier alpha value is -0.190. The second-order valence-corrected chi connectivity index (χ2v) is 6.91. The molecule has 1 aliphatic heterocycles. The van der Waals surface area contributed by atoms with Gasteiger partial charge in [-0.3, -0.25) is 0 Å². The molecule has 0 aromatic rings. The molecule has 0 aromatic heterocycles. The number of thioether (sulfide) groups is 1. The Morgan fingerprint density at radius 1 is 1.28 bits per heavy atom. The lowest BCUT2D eigenvalue weighted by molar-refractivity contribution is 0.452. The quantitative estimate of drug-likeness (QED) is 0.563. The number of allylic oxidation sites excluding steroid dienone is 4. The molecule has 0 spiro atoms. The van der Waals surface area contributed by atoms with Crippen LogP contribution < -0.4 is 5.32 Å². The van der Waals surface area contributed by atoms with Crippen LogP contribution in [0, 0.1) is 0 Å². The van der Waals surface area contributed by atoms with Gasteiger partial charge in [0.2, 0.25) is 0 Å². The molecule has 2 aliphatic carbocycles. The number of nitrogens with one attached hydrogen (secondary N) is 1. The highest BCUT2D eigenvalue weighted by Crippen LogP contribution is 2.41. The van der Waals surface area contributed by atoms with E-state index in [0.29, 0.717) is 11.3 Å². The van der Waals surface area contributed by atoms with Crippen LogP contribution in [0.2, 0.25) is 0 Å². The molecule has 0 aromatic carbocycles. The van der Waals surface area contributed by atoms with E-state index in [0.717, 1.165) is 31.3 Å². The van der Waals surface area contributed by atoms with Crippen molar-refractivity contribution in [1.82, 2.24) is 5.32 Å². The smallest absolute Gasteiger partial charge is 0.123 e. The van der Waals surface area contributed by atoms with E-state index in [4.69, 9.17) is 0 Å². The van der Waals surface area contributed by atoms with Crippen molar-refractivity contribution in [1.29, 1.82) is 0 Å². The minimum Gasteiger partial charge on any atom is -0.300 e. The minimum atomic E-state index is -0.0437. The lowest BCUT2D eigenvalue weighted by Crippen LogP contribution is -2.52. The van der Waals surface area contributed by atoms with Crippen LogP contribution >= 0.6 is 24.4 Å². The molecule has 1 saturated heterocycles. The number of hydrogen-bond acceptors (Lipinski definition) is 3. The summed E-state index contributed by atoms with van der Waals surface area (Å²) in [5.74, 6) is -0.0437.